The number of aliphatic hydroxyl groups is 3. The Labute approximate surface area is 153 Å². The van der Waals surface area contributed by atoms with Gasteiger partial charge in [0.25, 0.3) is 0 Å². The summed E-state index contributed by atoms with van der Waals surface area (Å²) in [4.78, 5) is 2.58. The molecule has 3 N–H and O–H groups in total. The highest BCUT2D eigenvalue weighted by Gasteiger charge is 2.91. The first-order valence-electron chi connectivity index (χ1n) is 10.4. The molecule has 2 heterocycles. The van der Waals surface area contributed by atoms with Crippen LogP contribution in [0.25, 0.3) is 0 Å². The molecular weight excluding hydrogens is 330 g/mol. The van der Waals surface area contributed by atoms with Gasteiger partial charge in [-0.3, -0.25) is 4.90 Å². The zero-order valence-corrected chi connectivity index (χ0v) is 15.0. The van der Waals surface area contributed by atoms with E-state index >= 15 is 0 Å². The normalized spacial score (nSPS) is 58.9. The third kappa shape index (κ3) is 1.25. The Kier molecular flexibility index (Phi) is 2.40. The quantitative estimate of drug-likeness (QED) is 0.702. The Morgan fingerprint density at radius 1 is 1.31 bits per heavy atom. The number of ether oxygens (including phenoxy) is 1. The molecule has 5 heteroatoms. The molecule has 0 amide bonds. The van der Waals surface area contributed by atoms with Crippen LogP contribution in [0.15, 0.2) is 23.7 Å². The maximum Gasteiger partial charge on any atom is 0.153 e. The molecule has 2 saturated heterocycles. The lowest BCUT2D eigenvalue weighted by atomic mass is 9.29. The molecule has 0 aromatic carbocycles. The molecule has 8 rings (SSSR count). The topological polar surface area (TPSA) is 73.2 Å². The summed E-state index contributed by atoms with van der Waals surface area (Å²) >= 11 is 0. The van der Waals surface area contributed by atoms with Gasteiger partial charge in [-0.15, -0.1) is 0 Å². The lowest BCUT2D eigenvalue weighted by molar-refractivity contribution is -0.351. The summed E-state index contributed by atoms with van der Waals surface area (Å²) < 4.78 is 6.20. The van der Waals surface area contributed by atoms with Crippen LogP contribution in [0.1, 0.15) is 38.5 Å². The van der Waals surface area contributed by atoms with Gasteiger partial charge >= 0.3 is 0 Å². The number of hydrogen-bond donors (Lipinski definition) is 3. The maximum atomic E-state index is 12.2. The van der Waals surface area contributed by atoms with Crippen molar-refractivity contribution in [1.29, 1.82) is 0 Å². The standard InChI is InChI=1S/C21H27NO4/c23-13-5-4-12-6-15-21(25)19(10-22(15)8-11-2-1-3-11)7-14(24)18-20(21,9-19)16(12)17(13)26-18/h4-5,11-12,14-16,18,23-25H,1-3,6-10H2/t12?,14?,15-,16?,18?,19?,20+,21+/m1/s1. The van der Waals surface area contributed by atoms with Crippen LogP contribution in [0.4, 0.5) is 0 Å². The minimum atomic E-state index is -0.776. The second-order valence-electron chi connectivity index (χ2n) is 10.3. The highest BCUT2D eigenvalue weighted by Crippen LogP contribution is 2.83. The van der Waals surface area contributed by atoms with E-state index in [1.54, 1.807) is 6.08 Å². The summed E-state index contributed by atoms with van der Waals surface area (Å²) in [6.07, 6.45) is 9.48. The van der Waals surface area contributed by atoms with Crippen molar-refractivity contribution in [3.8, 4) is 0 Å². The van der Waals surface area contributed by atoms with Gasteiger partial charge in [0.05, 0.1) is 17.1 Å². The second kappa shape index (κ2) is 4.18. The SMILES string of the molecule is OC1=C2OC3C(O)CC45CN(CC6CCC6)[C@@H]6CC(C=C1)C2[C@]3(C4)[C@]65O. The van der Waals surface area contributed by atoms with E-state index in [2.05, 4.69) is 11.0 Å². The third-order valence-corrected chi connectivity index (χ3v) is 9.52. The first-order chi connectivity index (χ1) is 12.5. The molecule has 140 valence electrons. The van der Waals surface area contributed by atoms with Crippen LogP contribution in [-0.2, 0) is 4.74 Å². The molecule has 2 bridgehead atoms. The largest absolute Gasteiger partial charge is 0.504 e. The fraction of sp³-hybridized carbons (Fsp3) is 0.810. The average molecular weight is 357 g/mol. The highest BCUT2D eigenvalue weighted by atomic mass is 16.5. The Balaban J connectivity index is 1.39. The Morgan fingerprint density at radius 2 is 2.15 bits per heavy atom. The van der Waals surface area contributed by atoms with E-state index < -0.39 is 17.1 Å². The van der Waals surface area contributed by atoms with Crippen molar-refractivity contribution in [2.24, 2.45) is 28.6 Å². The van der Waals surface area contributed by atoms with Crippen LogP contribution < -0.4 is 0 Å². The predicted molar refractivity (Wildman–Crippen MR) is 93.0 cm³/mol. The van der Waals surface area contributed by atoms with Crippen molar-refractivity contribution in [2.75, 3.05) is 13.1 Å². The third-order valence-electron chi connectivity index (χ3n) is 9.52. The minimum Gasteiger partial charge on any atom is -0.504 e. The van der Waals surface area contributed by atoms with E-state index in [1.165, 1.54) is 19.3 Å². The molecule has 8 aliphatic rings. The zero-order chi connectivity index (χ0) is 17.5. The first-order valence-corrected chi connectivity index (χ1v) is 10.4. The number of nitrogens with zero attached hydrogens (tertiary/aromatic N) is 1. The molecule has 7 fully saturated rings. The van der Waals surface area contributed by atoms with Gasteiger partial charge in [0.15, 0.2) is 5.76 Å². The lowest BCUT2D eigenvalue weighted by Gasteiger charge is -2.74. The van der Waals surface area contributed by atoms with Gasteiger partial charge in [-0.1, -0.05) is 12.5 Å². The van der Waals surface area contributed by atoms with E-state index in [0.717, 1.165) is 31.8 Å². The number of rotatable bonds is 2. The molecule has 5 unspecified atom stereocenters. The zero-order valence-electron chi connectivity index (χ0n) is 15.0. The van der Waals surface area contributed by atoms with E-state index in [0.29, 0.717) is 18.1 Å². The van der Waals surface area contributed by atoms with Crippen molar-refractivity contribution in [3.63, 3.8) is 0 Å². The minimum absolute atomic E-state index is 0.0328. The van der Waals surface area contributed by atoms with Crippen LogP contribution in [0, 0.1) is 28.6 Å². The van der Waals surface area contributed by atoms with Gasteiger partial charge in [0.1, 0.15) is 11.9 Å². The molecule has 2 aliphatic heterocycles. The molecule has 0 aromatic heterocycles. The molecule has 0 aromatic rings. The molecule has 26 heavy (non-hydrogen) atoms. The van der Waals surface area contributed by atoms with Gasteiger partial charge < -0.3 is 20.1 Å². The van der Waals surface area contributed by atoms with Gasteiger partial charge in [0, 0.05) is 30.5 Å². The molecule has 0 radical (unpaired) electrons. The summed E-state index contributed by atoms with van der Waals surface area (Å²) in [7, 11) is 0. The first kappa shape index (κ1) is 14.9. The number of hydrogen-bond acceptors (Lipinski definition) is 5. The van der Waals surface area contributed by atoms with Gasteiger partial charge in [-0.05, 0) is 50.0 Å². The smallest absolute Gasteiger partial charge is 0.153 e. The van der Waals surface area contributed by atoms with E-state index in [-0.39, 0.29) is 29.2 Å². The monoisotopic (exact) mass is 357 g/mol. The highest BCUT2D eigenvalue weighted by molar-refractivity contribution is 5.46. The number of fused-ring (bicyclic) bond motifs is 1. The van der Waals surface area contributed by atoms with E-state index in [9.17, 15) is 15.3 Å². The summed E-state index contributed by atoms with van der Waals surface area (Å²) in [5.74, 6) is 1.95. The molecule has 5 saturated carbocycles. The fourth-order valence-electron chi connectivity index (χ4n) is 8.63. The predicted octanol–water partition coefficient (Wildman–Crippen LogP) is 1.72. The number of allylic oxidation sites excluding steroid dienone is 3. The Bertz CT molecular complexity index is 774. The van der Waals surface area contributed by atoms with Gasteiger partial charge in [0.2, 0.25) is 0 Å². The molecule has 5 nitrogen and oxygen atoms in total. The average Bonchev–Trinajstić information content (AvgIpc) is 3.03. The van der Waals surface area contributed by atoms with Crippen LogP contribution in [-0.4, -0.2) is 57.2 Å². The van der Waals surface area contributed by atoms with Gasteiger partial charge in [-0.25, -0.2) is 0 Å². The summed E-state index contributed by atoms with van der Waals surface area (Å²) in [6, 6.07) is 0.168. The Hall–Kier alpha value is -1.04. The number of likely N-dealkylation sites (tertiary alicyclic amines) is 1. The molecule has 2 spiro atoms. The van der Waals surface area contributed by atoms with Crippen molar-refractivity contribution in [2.45, 2.75) is 62.4 Å². The van der Waals surface area contributed by atoms with Crippen molar-refractivity contribution in [1.82, 2.24) is 4.90 Å². The van der Waals surface area contributed by atoms with Gasteiger partial charge in [-0.2, -0.15) is 0 Å². The van der Waals surface area contributed by atoms with Crippen molar-refractivity contribution in [3.05, 3.63) is 23.7 Å². The van der Waals surface area contributed by atoms with Crippen molar-refractivity contribution < 1.29 is 20.1 Å². The fourth-order valence-corrected chi connectivity index (χ4v) is 8.63. The molecule has 6 aliphatic carbocycles. The lowest BCUT2D eigenvalue weighted by Crippen LogP contribution is -2.84. The van der Waals surface area contributed by atoms with Crippen LogP contribution in [0.2, 0.25) is 0 Å². The maximum absolute atomic E-state index is 12.2. The van der Waals surface area contributed by atoms with Crippen molar-refractivity contribution >= 4 is 0 Å². The summed E-state index contributed by atoms with van der Waals surface area (Å²) in [5.41, 5.74) is -1.37. The molecular formula is C21H27NO4. The summed E-state index contributed by atoms with van der Waals surface area (Å²) in [6.45, 7) is 2.02. The van der Waals surface area contributed by atoms with Crippen LogP contribution in [0.3, 0.4) is 0 Å². The summed E-state index contributed by atoms with van der Waals surface area (Å²) in [5, 5.41) is 33.6. The Morgan fingerprint density at radius 3 is 2.92 bits per heavy atom. The van der Waals surface area contributed by atoms with Crippen LogP contribution in [0.5, 0.6) is 0 Å². The van der Waals surface area contributed by atoms with E-state index in [4.69, 9.17) is 4.74 Å². The second-order valence-corrected chi connectivity index (χ2v) is 10.3. The number of aliphatic hydroxyl groups excluding tert-OH is 2. The van der Waals surface area contributed by atoms with E-state index in [1.807, 2.05) is 0 Å². The molecule has 8 atom stereocenters. The van der Waals surface area contributed by atoms with Crippen LogP contribution >= 0.6 is 0 Å².